The Balaban J connectivity index is 1.89. The number of nitrogen functional groups attached to an aromatic ring is 1. The van der Waals surface area contributed by atoms with Crippen LogP contribution in [0.3, 0.4) is 0 Å². The van der Waals surface area contributed by atoms with Gasteiger partial charge in [0, 0.05) is 22.8 Å². The Morgan fingerprint density at radius 1 is 0.939 bits per heavy atom. The first kappa shape index (κ1) is 20.8. The van der Waals surface area contributed by atoms with E-state index in [-0.39, 0.29) is 33.7 Å². The van der Waals surface area contributed by atoms with E-state index in [1.54, 1.807) is 6.07 Å². The lowest BCUT2D eigenvalue weighted by Gasteiger charge is -2.16. The molecule has 0 aliphatic heterocycles. The number of aromatic nitrogens is 5. The molecule has 0 saturated carbocycles. The summed E-state index contributed by atoms with van der Waals surface area (Å²) in [6.45, 7) is 0. The Hall–Kier alpha value is -4.05. The van der Waals surface area contributed by atoms with Crippen LogP contribution in [0.5, 0.6) is 0 Å². The third-order valence-electron chi connectivity index (χ3n) is 5.05. The van der Waals surface area contributed by atoms with Crippen LogP contribution in [0.2, 0.25) is 5.02 Å². The predicted octanol–water partition coefficient (Wildman–Crippen LogP) is 4.65. The highest BCUT2D eigenvalue weighted by molar-refractivity contribution is 6.30. The van der Waals surface area contributed by atoms with Gasteiger partial charge in [0.1, 0.15) is 16.9 Å². The highest BCUT2D eigenvalue weighted by Gasteiger charge is 2.33. The highest BCUT2D eigenvalue weighted by atomic mass is 35.5. The van der Waals surface area contributed by atoms with Crippen LogP contribution in [-0.2, 0) is 6.18 Å². The number of pyridine rings is 3. The number of alkyl halides is 3. The average molecular weight is 469 g/mol. The summed E-state index contributed by atoms with van der Waals surface area (Å²) in [5.74, 6) is 0. The van der Waals surface area contributed by atoms with E-state index in [9.17, 15) is 18.0 Å². The molecule has 0 atom stereocenters. The summed E-state index contributed by atoms with van der Waals surface area (Å²) in [6, 6.07) is 9.60. The molecule has 1 aromatic carbocycles. The van der Waals surface area contributed by atoms with Crippen molar-refractivity contribution in [3.05, 3.63) is 82.1 Å². The molecule has 164 valence electrons. The second-order valence-corrected chi connectivity index (χ2v) is 7.52. The van der Waals surface area contributed by atoms with Gasteiger partial charge in [0.15, 0.2) is 0 Å². The number of hydrogen-bond donors (Lipinski definition) is 1. The molecular weight excluding hydrogens is 457 g/mol. The minimum absolute atomic E-state index is 0.00608. The summed E-state index contributed by atoms with van der Waals surface area (Å²) in [6.07, 6.45) is -0.268. The molecule has 0 spiro atoms. The number of nitrogens with two attached hydrogens (primary N) is 1. The molecule has 0 amide bonds. The Labute approximate surface area is 188 Å². The van der Waals surface area contributed by atoms with Gasteiger partial charge >= 0.3 is 6.18 Å². The Morgan fingerprint density at radius 2 is 1.64 bits per heavy atom. The zero-order valence-corrected chi connectivity index (χ0v) is 17.3. The first-order valence-electron chi connectivity index (χ1n) is 9.49. The topological polar surface area (TPSA) is 99.6 Å². The van der Waals surface area contributed by atoms with Crippen LogP contribution in [0.25, 0.3) is 39.0 Å². The van der Waals surface area contributed by atoms with E-state index >= 15 is 0 Å². The molecule has 33 heavy (non-hydrogen) atoms. The average Bonchev–Trinajstić information content (AvgIpc) is 2.79. The first-order valence-corrected chi connectivity index (χ1v) is 9.87. The van der Waals surface area contributed by atoms with Crippen molar-refractivity contribution >= 4 is 39.4 Å². The van der Waals surface area contributed by atoms with Crippen LogP contribution in [0.4, 0.5) is 18.9 Å². The van der Waals surface area contributed by atoms with Crippen LogP contribution in [0, 0.1) is 0 Å². The van der Waals surface area contributed by atoms with Crippen molar-refractivity contribution in [2.75, 3.05) is 5.73 Å². The summed E-state index contributed by atoms with van der Waals surface area (Å²) in [5, 5.41) is 0.555. The van der Waals surface area contributed by atoms with Gasteiger partial charge in [-0.2, -0.15) is 13.2 Å². The maximum Gasteiger partial charge on any atom is 0.433 e. The molecule has 5 rings (SSSR count). The fourth-order valence-electron chi connectivity index (χ4n) is 3.53. The van der Waals surface area contributed by atoms with Crippen molar-refractivity contribution in [3.63, 3.8) is 0 Å². The van der Waals surface area contributed by atoms with Crippen LogP contribution in [0.15, 0.2) is 65.8 Å². The van der Waals surface area contributed by atoms with E-state index in [0.717, 1.165) is 10.6 Å². The molecule has 0 bridgehead atoms. The Bertz CT molecular complexity index is 1600. The largest absolute Gasteiger partial charge is 0.433 e. The molecule has 7 nitrogen and oxygen atoms in total. The molecule has 5 aromatic rings. The molecule has 0 aliphatic rings. The van der Waals surface area contributed by atoms with Gasteiger partial charge in [-0.15, -0.1) is 0 Å². The molecule has 4 aromatic heterocycles. The molecule has 4 heterocycles. The SMILES string of the molecule is Nc1c(-c2cc3nccnc3cn2)c(=O)n(-c2ccc(Cl)cc2)c2nc(C(F)(F)F)ccc12. The van der Waals surface area contributed by atoms with Crippen molar-refractivity contribution in [3.8, 4) is 16.9 Å². The van der Waals surface area contributed by atoms with E-state index in [0.29, 0.717) is 16.1 Å². The summed E-state index contributed by atoms with van der Waals surface area (Å²) < 4.78 is 41.2. The predicted molar refractivity (Wildman–Crippen MR) is 118 cm³/mol. The van der Waals surface area contributed by atoms with Crippen molar-refractivity contribution in [2.24, 2.45) is 0 Å². The minimum Gasteiger partial charge on any atom is -0.397 e. The first-order chi connectivity index (χ1) is 15.7. The number of anilines is 1. The summed E-state index contributed by atoms with van der Waals surface area (Å²) in [7, 11) is 0. The maximum atomic E-state index is 13.6. The van der Waals surface area contributed by atoms with E-state index in [2.05, 4.69) is 19.9 Å². The monoisotopic (exact) mass is 468 g/mol. The van der Waals surface area contributed by atoms with Gasteiger partial charge in [0.05, 0.1) is 34.3 Å². The third-order valence-corrected chi connectivity index (χ3v) is 5.30. The van der Waals surface area contributed by atoms with E-state index in [4.69, 9.17) is 17.3 Å². The highest BCUT2D eigenvalue weighted by Crippen LogP contribution is 2.34. The van der Waals surface area contributed by atoms with Crippen molar-refractivity contribution < 1.29 is 13.2 Å². The summed E-state index contributed by atoms with van der Waals surface area (Å²) >= 11 is 5.96. The third kappa shape index (κ3) is 3.54. The van der Waals surface area contributed by atoms with E-state index in [1.165, 1.54) is 48.9 Å². The van der Waals surface area contributed by atoms with Crippen molar-refractivity contribution in [1.29, 1.82) is 0 Å². The fourth-order valence-corrected chi connectivity index (χ4v) is 3.65. The van der Waals surface area contributed by atoms with Gasteiger partial charge in [-0.3, -0.25) is 24.3 Å². The lowest BCUT2D eigenvalue weighted by atomic mass is 10.1. The summed E-state index contributed by atoms with van der Waals surface area (Å²) in [5.41, 5.74) is 5.64. The van der Waals surface area contributed by atoms with Gasteiger partial charge in [0.25, 0.3) is 5.56 Å². The molecular formula is C22H12ClF3N6O. The number of fused-ring (bicyclic) bond motifs is 2. The molecule has 0 radical (unpaired) electrons. The van der Waals surface area contributed by atoms with Gasteiger partial charge in [0.2, 0.25) is 0 Å². The van der Waals surface area contributed by atoms with Gasteiger partial charge in [-0.25, -0.2) is 4.98 Å². The quantitative estimate of drug-likeness (QED) is 0.405. The maximum absolute atomic E-state index is 13.6. The second kappa shape index (κ2) is 7.52. The number of hydrogen-bond acceptors (Lipinski definition) is 6. The zero-order chi connectivity index (χ0) is 23.3. The zero-order valence-electron chi connectivity index (χ0n) is 16.5. The number of benzene rings is 1. The standard InChI is InChI=1S/C22H12ClF3N6O/c23-11-1-3-12(4-2-11)32-20-13(5-6-17(31-20)22(24,25)26)19(27)18(21(32)33)15-9-14-16(10-30-15)29-8-7-28-14/h1-10H,27H2. The van der Waals surface area contributed by atoms with Gasteiger partial charge in [-0.05, 0) is 42.5 Å². The van der Waals surface area contributed by atoms with Crippen LogP contribution < -0.4 is 11.3 Å². The van der Waals surface area contributed by atoms with E-state index in [1.807, 2.05) is 0 Å². The van der Waals surface area contributed by atoms with Crippen molar-refractivity contribution in [1.82, 2.24) is 24.5 Å². The Kier molecular flexibility index (Phi) is 4.75. The second-order valence-electron chi connectivity index (χ2n) is 7.09. The summed E-state index contributed by atoms with van der Waals surface area (Å²) in [4.78, 5) is 30.0. The molecule has 0 aliphatic carbocycles. The van der Waals surface area contributed by atoms with Gasteiger partial charge in [-0.1, -0.05) is 11.6 Å². The lowest BCUT2D eigenvalue weighted by Crippen LogP contribution is -2.24. The molecule has 0 unspecified atom stereocenters. The molecule has 2 N–H and O–H groups in total. The van der Waals surface area contributed by atoms with E-state index < -0.39 is 17.4 Å². The molecule has 0 fully saturated rings. The van der Waals surface area contributed by atoms with Gasteiger partial charge < -0.3 is 5.73 Å². The van der Waals surface area contributed by atoms with Crippen LogP contribution in [-0.4, -0.2) is 24.5 Å². The number of halogens is 4. The minimum atomic E-state index is -4.71. The number of rotatable bonds is 2. The molecule has 0 saturated heterocycles. The smallest absolute Gasteiger partial charge is 0.397 e. The fraction of sp³-hybridized carbons (Fsp3) is 0.0455. The number of nitrogens with zero attached hydrogens (tertiary/aromatic N) is 5. The normalized spacial score (nSPS) is 11.9. The van der Waals surface area contributed by atoms with Crippen LogP contribution in [0.1, 0.15) is 5.69 Å². The lowest BCUT2D eigenvalue weighted by molar-refractivity contribution is -0.141. The Morgan fingerprint density at radius 3 is 2.33 bits per heavy atom. The van der Waals surface area contributed by atoms with Crippen molar-refractivity contribution in [2.45, 2.75) is 6.18 Å². The van der Waals surface area contributed by atoms with Crippen LogP contribution >= 0.6 is 11.6 Å². The molecule has 11 heteroatoms.